The van der Waals surface area contributed by atoms with Gasteiger partial charge in [0.25, 0.3) is 0 Å². The maximum Gasteiger partial charge on any atom is -0.0388 e. The highest BCUT2D eigenvalue weighted by molar-refractivity contribution is 4.70. The highest BCUT2D eigenvalue weighted by Crippen LogP contribution is 2.31. The molecule has 0 aromatic rings. The van der Waals surface area contributed by atoms with Gasteiger partial charge in [-0.25, -0.2) is 0 Å². The first-order valence-corrected chi connectivity index (χ1v) is 10.2. The van der Waals surface area contributed by atoms with Crippen LogP contribution in [-0.4, -0.2) is 0 Å². The predicted molar refractivity (Wildman–Crippen MR) is 96.7 cm³/mol. The Hall–Kier alpha value is 0. The summed E-state index contributed by atoms with van der Waals surface area (Å²) in [7, 11) is 0. The van der Waals surface area contributed by atoms with Crippen molar-refractivity contribution in [2.24, 2.45) is 17.8 Å². The summed E-state index contributed by atoms with van der Waals surface area (Å²) in [6, 6.07) is 0. The van der Waals surface area contributed by atoms with Gasteiger partial charge in [-0.15, -0.1) is 0 Å². The van der Waals surface area contributed by atoms with Crippen molar-refractivity contribution in [3.8, 4) is 0 Å². The SMILES string of the molecule is CCC(C)CC(C)C1CCCCCCCCCCCCC1. The van der Waals surface area contributed by atoms with Crippen LogP contribution in [0.2, 0.25) is 0 Å². The summed E-state index contributed by atoms with van der Waals surface area (Å²) in [6.45, 7) is 7.34. The number of hydrogen-bond acceptors (Lipinski definition) is 0. The molecule has 1 rings (SSSR count). The van der Waals surface area contributed by atoms with Gasteiger partial charge in [-0.2, -0.15) is 0 Å². The van der Waals surface area contributed by atoms with Crippen LogP contribution >= 0.6 is 0 Å². The highest BCUT2D eigenvalue weighted by Gasteiger charge is 2.18. The fourth-order valence-corrected chi connectivity index (χ4v) is 4.11. The molecule has 2 atom stereocenters. The molecule has 0 aromatic heterocycles. The minimum absolute atomic E-state index is 0.924. The van der Waals surface area contributed by atoms with E-state index in [9.17, 15) is 0 Å². The van der Waals surface area contributed by atoms with Gasteiger partial charge in [-0.05, 0) is 24.2 Å². The molecule has 0 aliphatic heterocycles. The van der Waals surface area contributed by atoms with Crippen molar-refractivity contribution in [1.82, 2.24) is 0 Å². The first-order chi connectivity index (χ1) is 10.2. The second kappa shape index (κ2) is 12.5. The van der Waals surface area contributed by atoms with Crippen LogP contribution in [0.25, 0.3) is 0 Å². The second-order valence-corrected chi connectivity index (χ2v) is 7.95. The van der Waals surface area contributed by atoms with Crippen molar-refractivity contribution in [2.45, 2.75) is 117 Å². The molecule has 0 bridgehead atoms. The van der Waals surface area contributed by atoms with Gasteiger partial charge in [-0.3, -0.25) is 0 Å². The molecule has 1 aliphatic carbocycles. The van der Waals surface area contributed by atoms with Gasteiger partial charge in [0.05, 0.1) is 0 Å². The van der Waals surface area contributed by atoms with Crippen LogP contribution in [0, 0.1) is 17.8 Å². The fourth-order valence-electron chi connectivity index (χ4n) is 4.11. The Bertz CT molecular complexity index is 206. The van der Waals surface area contributed by atoms with E-state index in [0.717, 1.165) is 17.8 Å². The lowest BCUT2D eigenvalue weighted by atomic mass is 9.79. The van der Waals surface area contributed by atoms with Crippen molar-refractivity contribution in [3.05, 3.63) is 0 Å². The van der Waals surface area contributed by atoms with Crippen molar-refractivity contribution in [1.29, 1.82) is 0 Å². The largest absolute Gasteiger partial charge is 0.0651 e. The van der Waals surface area contributed by atoms with E-state index in [1.54, 1.807) is 0 Å². The number of rotatable bonds is 4. The van der Waals surface area contributed by atoms with E-state index in [1.807, 2.05) is 0 Å². The van der Waals surface area contributed by atoms with E-state index in [-0.39, 0.29) is 0 Å². The van der Waals surface area contributed by atoms with Gasteiger partial charge in [0, 0.05) is 0 Å². The third kappa shape index (κ3) is 9.59. The lowest BCUT2D eigenvalue weighted by Crippen LogP contribution is -2.15. The molecule has 0 saturated heterocycles. The standard InChI is InChI=1S/C21H42/c1-4-19(2)18-20(3)21-16-14-12-10-8-6-5-7-9-11-13-15-17-21/h19-21H,4-18H2,1-3H3. The number of hydrogen-bond donors (Lipinski definition) is 0. The van der Waals surface area contributed by atoms with E-state index < -0.39 is 0 Å². The van der Waals surface area contributed by atoms with E-state index in [2.05, 4.69) is 20.8 Å². The Kier molecular flexibility index (Phi) is 11.4. The Balaban J connectivity index is 2.37. The first kappa shape index (κ1) is 19.0. The zero-order valence-electron chi connectivity index (χ0n) is 15.3. The molecule has 21 heavy (non-hydrogen) atoms. The van der Waals surface area contributed by atoms with Gasteiger partial charge in [-0.1, -0.05) is 111 Å². The van der Waals surface area contributed by atoms with E-state index in [0.29, 0.717) is 0 Å². The molecule has 0 nitrogen and oxygen atoms in total. The topological polar surface area (TPSA) is 0 Å². The Labute approximate surface area is 135 Å². The predicted octanol–water partition coefficient (Wildman–Crippen LogP) is 7.76. The second-order valence-electron chi connectivity index (χ2n) is 7.95. The third-order valence-corrected chi connectivity index (χ3v) is 5.93. The van der Waals surface area contributed by atoms with Crippen molar-refractivity contribution < 1.29 is 0 Å². The summed E-state index contributed by atoms with van der Waals surface area (Å²) >= 11 is 0. The minimum atomic E-state index is 0.924. The van der Waals surface area contributed by atoms with Crippen LogP contribution in [0.15, 0.2) is 0 Å². The van der Waals surface area contributed by atoms with Gasteiger partial charge in [0.2, 0.25) is 0 Å². The molecule has 0 amide bonds. The van der Waals surface area contributed by atoms with Crippen LogP contribution in [0.5, 0.6) is 0 Å². The lowest BCUT2D eigenvalue weighted by Gasteiger charge is -2.26. The molecule has 1 aliphatic rings. The molecule has 0 heteroatoms. The molecule has 126 valence electrons. The molecule has 0 spiro atoms. The molecule has 0 heterocycles. The normalized spacial score (nSPS) is 24.1. The van der Waals surface area contributed by atoms with Crippen LogP contribution in [0.3, 0.4) is 0 Å². The zero-order chi connectivity index (χ0) is 15.3. The summed E-state index contributed by atoms with van der Waals surface area (Å²) in [4.78, 5) is 0. The lowest BCUT2D eigenvalue weighted by molar-refractivity contribution is 0.250. The smallest absolute Gasteiger partial charge is 0.0388 e. The molecule has 0 N–H and O–H groups in total. The third-order valence-electron chi connectivity index (χ3n) is 5.93. The van der Waals surface area contributed by atoms with Gasteiger partial charge in [0.15, 0.2) is 0 Å². The van der Waals surface area contributed by atoms with Crippen LogP contribution in [0.1, 0.15) is 117 Å². The van der Waals surface area contributed by atoms with E-state index in [1.165, 1.54) is 96.3 Å². The molecule has 1 fully saturated rings. The average Bonchev–Trinajstić information content (AvgIpc) is 2.49. The van der Waals surface area contributed by atoms with Crippen LogP contribution in [0.4, 0.5) is 0 Å². The summed E-state index contributed by atoms with van der Waals surface area (Å²) in [5.41, 5.74) is 0. The Morgan fingerprint density at radius 3 is 1.43 bits per heavy atom. The molecule has 0 aromatic carbocycles. The summed E-state index contributed by atoms with van der Waals surface area (Å²) in [5, 5.41) is 0. The first-order valence-electron chi connectivity index (χ1n) is 10.2. The molecule has 2 unspecified atom stereocenters. The molecule has 1 saturated carbocycles. The fraction of sp³-hybridized carbons (Fsp3) is 1.00. The molecule has 0 radical (unpaired) electrons. The zero-order valence-corrected chi connectivity index (χ0v) is 15.3. The summed E-state index contributed by atoms with van der Waals surface area (Å²) in [5.74, 6) is 2.89. The van der Waals surface area contributed by atoms with Crippen LogP contribution in [-0.2, 0) is 0 Å². The Morgan fingerprint density at radius 1 is 0.667 bits per heavy atom. The minimum Gasteiger partial charge on any atom is -0.0651 e. The molecular formula is C21H42. The van der Waals surface area contributed by atoms with Crippen molar-refractivity contribution in [2.75, 3.05) is 0 Å². The van der Waals surface area contributed by atoms with E-state index >= 15 is 0 Å². The van der Waals surface area contributed by atoms with Gasteiger partial charge in [0.1, 0.15) is 0 Å². The maximum atomic E-state index is 2.54. The average molecular weight is 295 g/mol. The molecular weight excluding hydrogens is 252 g/mol. The summed E-state index contributed by atoms with van der Waals surface area (Å²) in [6.07, 6.45) is 22.3. The Morgan fingerprint density at radius 2 is 1.05 bits per heavy atom. The summed E-state index contributed by atoms with van der Waals surface area (Å²) < 4.78 is 0. The quantitative estimate of drug-likeness (QED) is 0.497. The van der Waals surface area contributed by atoms with Crippen molar-refractivity contribution in [3.63, 3.8) is 0 Å². The van der Waals surface area contributed by atoms with E-state index in [4.69, 9.17) is 0 Å². The highest BCUT2D eigenvalue weighted by atomic mass is 14.2. The van der Waals surface area contributed by atoms with Crippen LogP contribution < -0.4 is 0 Å². The van der Waals surface area contributed by atoms with Gasteiger partial charge >= 0.3 is 0 Å². The van der Waals surface area contributed by atoms with Gasteiger partial charge < -0.3 is 0 Å². The monoisotopic (exact) mass is 294 g/mol. The maximum absolute atomic E-state index is 2.54. The van der Waals surface area contributed by atoms with Crippen molar-refractivity contribution >= 4 is 0 Å².